The number of rotatable bonds is 10. The van der Waals surface area contributed by atoms with Crippen LogP contribution in [0, 0.1) is 22.7 Å². The van der Waals surface area contributed by atoms with Gasteiger partial charge < -0.3 is 30.1 Å². The van der Waals surface area contributed by atoms with Gasteiger partial charge in [0, 0.05) is 24.8 Å². The predicted octanol–water partition coefficient (Wildman–Crippen LogP) is 2.80. The van der Waals surface area contributed by atoms with E-state index >= 15 is 0 Å². The minimum absolute atomic E-state index is 0.0514. The summed E-state index contributed by atoms with van der Waals surface area (Å²) in [6.45, 7) is 6.86. The van der Waals surface area contributed by atoms with Gasteiger partial charge in [0.05, 0.1) is 12.3 Å². The van der Waals surface area contributed by atoms with E-state index in [2.05, 4.69) is 20.8 Å². The fourth-order valence-electron chi connectivity index (χ4n) is 6.91. The number of phenolic OH excluding ortho intramolecular Hbond substituents is 2. The summed E-state index contributed by atoms with van der Waals surface area (Å²) in [6.07, 6.45) is 0.753. The predicted molar refractivity (Wildman–Crippen MR) is 139 cm³/mol. The van der Waals surface area contributed by atoms with Crippen LogP contribution in [0.2, 0.25) is 0 Å². The number of amides is 1. The average Bonchev–Trinajstić information content (AvgIpc) is 3.49. The van der Waals surface area contributed by atoms with Crippen molar-refractivity contribution in [3.63, 3.8) is 0 Å². The van der Waals surface area contributed by atoms with Crippen molar-refractivity contribution in [2.45, 2.75) is 90.4 Å². The van der Waals surface area contributed by atoms with Crippen LogP contribution in [-0.2, 0) is 30.3 Å². The third kappa shape index (κ3) is 5.48. The van der Waals surface area contributed by atoms with Crippen LogP contribution in [0.15, 0.2) is 18.2 Å². The molecule has 0 spiro atoms. The topological polar surface area (TPSA) is 162 Å². The quantitative estimate of drug-likeness (QED) is 0.256. The molecule has 39 heavy (non-hydrogen) atoms. The van der Waals surface area contributed by atoms with E-state index in [0.29, 0.717) is 24.3 Å². The Morgan fingerprint density at radius 1 is 1.08 bits per heavy atom. The summed E-state index contributed by atoms with van der Waals surface area (Å²) in [5, 5.41) is 39.0. The second kappa shape index (κ2) is 10.8. The van der Waals surface area contributed by atoms with Crippen molar-refractivity contribution in [1.29, 1.82) is 0 Å². The smallest absolute Gasteiger partial charge is 0.329 e. The van der Waals surface area contributed by atoms with Gasteiger partial charge in [-0.2, -0.15) is 0 Å². The number of phenols is 2. The van der Waals surface area contributed by atoms with Crippen LogP contribution < -0.4 is 0 Å². The maximum absolute atomic E-state index is 13.5. The van der Waals surface area contributed by atoms with E-state index in [1.165, 1.54) is 23.1 Å². The van der Waals surface area contributed by atoms with Crippen LogP contribution in [-0.4, -0.2) is 73.7 Å². The Morgan fingerprint density at radius 3 is 2.38 bits per heavy atom. The summed E-state index contributed by atoms with van der Waals surface area (Å²) in [4.78, 5) is 52.5. The largest absolute Gasteiger partial charge is 0.504 e. The first-order chi connectivity index (χ1) is 18.2. The van der Waals surface area contributed by atoms with E-state index in [9.17, 15) is 39.6 Å². The number of carboxylic acids is 1. The Hall–Kier alpha value is -3.14. The van der Waals surface area contributed by atoms with E-state index in [-0.39, 0.29) is 35.6 Å². The molecule has 1 aromatic carbocycles. The molecule has 2 aliphatic carbocycles. The van der Waals surface area contributed by atoms with Gasteiger partial charge in [0.25, 0.3) is 0 Å². The Labute approximate surface area is 228 Å². The maximum atomic E-state index is 13.5. The number of carbonyl (C=O) groups excluding carboxylic acids is 3. The van der Waals surface area contributed by atoms with Gasteiger partial charge in [-0.25, -0.2) is 4.79 Å². The molecule has 3 fully saturated rings. The lowest BCUT2D eigenvalue weighted by Gasteiger charge is -2.39. The van der Waals surface area contributed by atoms with Gasteiger partial charge in [-0.1, -0.05) is 26.8 Å². The molecule has 4 rings (SSSR count). The molecule has 10 nitrogen and oxygen atoms in total. The molecular formula is C29H39NO9. The summed E-state index contributed by atoms with van der Waals surface area (Å²) in [6, 6.07) is 3.04. The Balaban J connectivity index is 1.42. The number of esters is 1. The van der Waals surface area contributed by atoms with E-state index in [4.69, 9.17) is 4.74 Å². The van der Waals surface area contributed by atoms with Gasteiger partial charge in [-0.05, 0) is 61.1 Å². The number of aromatic hydroxyl groups is 2. The van der Waals surface area contributed by atoms with E-state index in [1.54, 1.807) is 0 Å². The molecule has 6 unspecified atom stereocenters. The van der Waals surface area contributed by atoms with Gasteiger partial charge in [0.15, 0.2) is 17.3 Å². The zero-order valence-electron chi connectivity index (χ0n) is 22.8. The minimum atomic E-state index is -1.54. The molecule has 1 amide bonds. The van der Waals surface area contributed by atoms with Gasteiger partial charge in [-0.15, -0.1) is 0 Å². The minimum Gasteiger partial charge on any atom is -0.504 e. The highest BCUT2D eigenvalue weighted by Crippen LogP contribution is 2.66. The lowest BCUT2D eigenvalue weighted by atomic mass is 9.70. The number of aliphatic carboxylic acids is 1. The van der Waals surface area contributed by atoms with E-state index in [1.807, 2.05) is 0 Å². The zero-order chi connectivity index (χ0) is 28.7. The number of fused-ring (bicyclic) bond motifs is 2. The summed E-state index contributed by atoms with van der Waals surface area (Å²) in [7, 11) is 0. The number of hydrogen-bond acceptors (Lipinski definition) is 8. The number of aliphatic hydroxyl groups excluding tert-OH is 1. The van der Waals surface area contributed by atoms with Crippen LogP contribution in [0.25, 0.3) is 0 Å². The number of benzene rings is 1. The van der Waals surface area contributed by atoms with Crippen molar-refractivity contribution in [3.8, 4) is 11.5 Å². The van der Waals surface area contributed by atoms with Crippen LogP contribution in [0.1, 0.15) is 71.3 Å². The number of ketones is 1. The number of hydrogen-bond donors (Lipinski definition) is 4. The molecule has 0 radical (unpaired) electrons. The van der Waals surface area contributed by atoms with Crippen LogP contribution in [0.5, 0.6) is 11.5 Å². The number of carbonyl (C=O) groups is 4. The van der Waals surface area contributed by atoms with Crippen molar-refractivity contribution in [1.82, 2.24) is 4.90 Å². The summed E-state index contributed by atoms with van der Waals surface area (Å²) in [5.74, 6) is -4.60. The van der Waals surface area contributed by atoms with Gasteiger partial charge in [0.1, 0.15) is 18.2 Å². The SMILES string of the molecule is CC1(C)C2CCC1(C)C(OC(=O)C1CCCN1C(=O)C(CC(=O)O)CC(=O)C(O)Cc1ccc(O)c(O)c1)C2. The molecule has 0 aromatic heterocycles. The fraction of sp³-hybridized carbons (Fsp3) is 0.655. The van der Waals surface area contributed by atoms with Crippen LogP contribution >= 0.6 is 0 Å². The molecule has 214 valence electrons. The normalized spacial score (nSPS) is 28.7. The fourth-order valence-corrected chi connectivity index (χ4v) is 6.91. The van der Waals surface area contributed by atoms with Crippen molar-refractivity contribution in [2.75, 3.05) is 6.54 Å². The van der Waals surface area contributed by atoms with Crippen molar-refractivity contribution in [2.24, 2.45) is 22.7 Å². The molecule has 10 heteroatoms. The molecular weight excluding hydrogens is 506 g/mol. The molecule has 2 saturated carbocycles. The van der Waals surface area contributed by atoms with E-state index in [0.717, 1.165) is 19.3 Å². The van der Waals surface area contributed by atoms with Crippen molar-refractivity contribution in [3.05, 3.63) is 23.8 Å². The summed E-state index contributed by atoms with van der Waals surface area (Å²) < 4.78 is 6.02. The van der Waals surface area contributed by atoms with Crippen molar-refractivity contribution < 1.29 is 44.3 Å². The maximum Gasteiger partial charge on any atom is 0.329 e. The standard InChI is InChI=1S/C29H39NO9/c1-28(2)18-8-9-29(28,3)24(15-18)39-27(38)19-5-4-10-30(19)26(37)17(14-25(35)36)13-23(34)22(33)12-16-6-7-20(31)21(32)11-16/h6-7,11,17-19,22,24,31-33H,4-5,8-10,12-15H2,1-3H3,(H,35,36). The molecule has 1 aliphatic heterocycles. The zero-order valence-corrected chi connectivity index (χ0v) is 22.8. The highest BCUT2D eigenvalue weighted by molar-refractivity contribution is 5.93. The first-order valence-corrected chi connectivity index (χ1v) is 13.7. The summed E-state index contributed by atoms with van der Waals surface area (Å²) in [5.41, 5.74) is 0.297. The summed E-state index contributed by atoms with van der Waals surface area (Å²) >= 11 is 0. The van der Waals surface area contributed by atoms with Crippen LogP contribution in [0.3, 0.4) is 0 Å². The number of carboxylic acid groups (broad SMARTS) is 1. The third-order valence-corrected chi connectivity index (χ3v) is 9.84. The Morgan fingerprint density at radius 2 is 1.79 bits per heavy atom. The third-order valence-electron chi connectivity index (χ3n) is 9.84. The Bertz CT molecular complexity index is 1150. The van der Waals surface area contributed by atoms with Gasteiger partial charge >= 0.3 is 11.9 Å². The molecule has 2 bridgehead atoms. The van der Waals surface area contributed by atoms with Crippen LogP contribution in [0.4, 0.5) is 0 Å². The monoisotopic (exact) mass is 545 g/mol. The number of likely N-dealkylation sites (tertiary alicyclic amines) is 1. The number of ether oxygens (including phenoxy) is 1. The molecule has 1 saturated heterocycles. The molecule has 6 atom stereocenters. The van der Waals surface area contributed by atoms with Gasteiger partial charge in [-0.3, -0.25) is 14.4 Å². The molecule has 4 N–H and O–H groups in total. The number of nitrogens with zero attached hydrogens (tertiary/aromatic N) is 1. The molecule has 1 heterocycles. The highest BCUT2D eigenvalue weighted by Gasteiger charge is 2.63. The van der Waals surface area contributed by atoms with E-state index < -0.39 is 60.3 Å². The molecule has 3 aliphatic rings. The second-order valence-corrected chi connectivity index (χ2v) is 12.2. The first-order valence-electron chi connectivity index (χ1n) is 13.7. The average molecular weight is 546 g/mol. The lowest BCUT2D eigenvalue weighted by molar-refractivity contribution is -0.165. The van der Waals surface area contributed by atoms with Crippen molar-refractivity contribution >= 4 is 23.6 Å². The Kier molecular flexibility index (Phi) is 7.98. The lowest BCUT2D eigenvalue weighted by Crippen LogP contribution is -2.47. The first kappa shape index (κ1) is 28.9. The number of Topliss-reactive ketones (excluding diaryl/α,β-unsaturated/α-hetero) is 1. The van der Waals surface area contributed by atoms with Gasteiger partial charge in [0.2, 0.25) is 5.91 Å². The second-order valence-electron chi connectivity index (χ2n) is 12.2. The highest BCUT2D eigenvalue weighted by atomic mass is 16.5. The molecule has 1 aromatic rings. The number of aliphatic hydroxyl groups is 1.